The van der Waals surface area contributed by atoms with Gasteiger partial charge >= 0.3 is 0 Å². The van der Waals surface area contributed by atoms with Crippen molar-refractivity contribution in [2.45, 2.75) is 31.7 Å². The van der Waals surface area contributed by atoms with E-state index in [1.807, 2.05) is 4.90 Å². The van der Waals surface area contributed by atoms with Gasteiger partial charge in [0, 0.05) is 25.6 Å². The first-order chi connectivity index (χ1) is 7.68. The van der Waals surface area contributed by atoms with Gasteiger partial charge in [-0.2, -0.15) is 0 Å². The van der Waals surface area contributed by atoms with E-state index < -0.39 is 0 Å². The number of rotatable bonds is 2. The molecule has 2 amide bonds. The van der Waals surface area contributed by atoms with Gasteiger partial charge in [-0.3, -0.25) is 9.59 Å². The molecule has 2 unspecified atom stereocenters. The molecule has 2 saturated heterocycles. The summed E-state index contributed by atoms with van der Waals surface area (Å²) in [5.74, 6) is -0.550. The summed E-state index contributed by atoms with van der Waals surface area (Å²) in [7, 11) is 0. The lowest BCUT2D eigenvalue weighted by Crippen LogP contribution is -2.42. The van der Waals surface area contributed by atoms with Gasteiger partial charge in [-0.25, -0.2) is 0 Å². The van der Waals surface area contributed by atoms with Gasteiger partial charge in [-0.15, -0.1) is 0 Å². The van der Waals surface area contributed by atoms with Crippen molar-refractivity contribution in [3.8, 4) is 0 Å². The Labute approximate surface area is 95.3 Å². The quantitative estimate of drug-likeness (QED) is 0.663. The zero-order valence-corrected chi connectivity index (χ0v) is 9.45. The fourth-order valence-electron chi connectivity index (χ4n) is 2.54. The predicted octanol–water partition coefficient (Wildman–Crippen LogP) is -0.538. The van der Waals surface area contributed by atoms with Crippen molar-refractivity contribution in [3.63, 3.8) is 0 Å². The molecule has 5 nitrogen and oxygen atoms in total. The van der Waals surface area contributed by atoms with Gasteiger partial charge in [0.25, 0.3) is 0 Å². The fraction of sp³-hybridized carbons (Fsp3) is 0.818. The highest BCUT2D eigenvalue weighted by molar-refractivity contribution is 5.88. The minimum absolute atomic E-state index is 0.0810. The van der Waals surface area contributed by atoms with Crippen LogP contribution in [0.5, 0.6) is 0 Å². The van der Waals surface area contributed by atoms with Gasteiger partial charge in [0.15, 0.2) is 0 Å². The molecule has 0 aromatic heterocycles. The van der Waals surface area contributed by atoms with Gasteiger partial charge in [0.05, 0.1) is 5.92 Å². The molecule has 0 aromatic carbocycles. The van der Waals surface area contributed by atoms with E-state index in [9.17, 15) is 9.59 Å². The third kappa shape index (κ3) is 2.35. The summed E-state index contributed by atoms with van der Waals surface area (Å²) in [4.78, 5) is 24.7. The monoisotopic (exact) mass is 225 g/mol. The summed E-state index contributed by atoms with van der Waals surface area (Å²) in [5, 5.41) is 3.33. The van der Waals surface area contributed by atoms with Crippen LogP contribution < -0.4 is 11.1 Å². The van der Waals surface area contributed by atoms with Crippen LogP contribution in [0.25, 0.3) is 0 Å². The lowest BCUT2D eigenvalue weighted by atomic mass is 10.1. The van der Waals surface area contributed by atoms with E-state index in [-0.39, 0.29) is 23.8 Å². The fourth-order valence-corrected chi connectivity index (χ4v) is 2.54. The van der Waals surface area contributed by atoms with Gasteiger partial charge in [0.1, 0.15) is 0 Å². The van der Waals surface area contributed by atoms with Crippen LogP contribution in [0.2, 0.25) is 0 Å². The van der Waals surface area contributed by atoms with E-state index in [0.717, 1.165) is 32.4 Å². The number of carbonyl (C=O) groups is 2. The Morgan fingerprint density at radius 2 is 2.25 bits per heavy atom. The topological polar surface area (TPSA) is 75.4 Å². The minimum Gasteiger partial charge on any atom is -0.369 e. The van der Waals surface area contributed by atoms with Gasteiger partial charge in [0.2, 0.25) is 11.8 Å². The second kappa shape index (κ2) is 4.82. The standard InChI is InChI=1S/C11H19N3O2/c12-11(16)8-5-10(15)14(7-8)9-3-1-2-4-13-6-9/h8-9,13H,1-7H2,(H2,12,16). The van der Waals surface area contributed by atoms with E-state index in [1.165, 1.54) is 0 Å². The highest BCUT2D eigenvalue weighted by Crippen LogP contribution is 2.22. The van der Waals surface area contributed by atoms with Crippen LogP contribution in [0.1, 0.15) is 25.7 Å². The lowest BCUT2D eigenvalue weighted by Gasteiger charge is -2.26. The molecule has 2 aliphatic heterocycles. The van der Waals surface area contributed by atoms with E-state index >= 15 is 0 Å². The molecule has 3 N–H and O–H groups in total. The van der Waals surface area contributed by atoms with Crippen LogP contribution in [0.15, 0.2) is 0 Å². The van der Waals surface area contributed by atoms with E-state index in [0.29, 0.717) is 13.0 Å². The molecule has 0 saturated carbocycles. The first-order valence-corrected chi connectivity index (χ1v) is 5.98. The number of carbonyl (C=O) groups excluding carboxylic acids is 2. The van der Waals surface area contributed by atoms with Crippen LogP contribution in [-0.4, -0.2) is 42.4 Å². The molecule has 0 radical (unpaired) electrons. The number of nitrogens with two attached hydrogens (primary N) is 1. The second-order valence-electron chi connectivity index (χ2n) is 4.70. The Morgan fingerprint density at radius 3 is 2.94 bits per heavy atom. The molecule has 0 aliphatic carbocycles. The van der Waals surface area contributed by atoms with Gasteiger partial charge in [-0.1, -0.05) is 6.42 Å². The molecule has 2 aliphatic rings. The smallest absolute Gasteiger partial charge is 0.223 e. The molecular weight excluding hydrogens is 206 g/mol. The highest BCUT2D eigenvalue weighted by Gasteiger charge is 2.36. The zero-order valence-electron chi connectivity index (χ0n) is 9.45. The van der Waals surface area contributed by atoms with E-state index in [4.69, 9.17) is 5.73 Å². The molecule has 0 aromatic rings. The maximum atomic E-state index is 11.8. The van der Waals surface area contributed by atoms with Crippen molar-refractivity contribution in [2.24, 2.45) is 11.7 Å². The van der Waals surface area contributed by atoms with Gasteiger partial charge in [-0.05, 0) is 19.4 Å². The Hall–Kier alpha value is -1.10. The number of hydrogen-bond acceptors (Lipinski definition) is 3. The predicted molar refractivity (Wildman–Crippen MR) is 59.5 cm³/mol. The molecule has 0 spiro atoms. The molecule has 0 bridgehead atoms. The second-order valence-corrected chi connectivity index (χ2v) is 4.70. The average Bonchev–Trinajstić information content (AvgIpc) is 2.50. The van der Waals surface area contributed by atoms with Crippen LogP contribution in [0, 0.1) is 5.92 Å². The van der Waals surface area contributed by atoms with Crippen LogP contribution in [0.4, 0.5) is 0 Å². The summed E-state index contributed by atoms with van der Waals surface area (Å²) in [5.41, 5.74) is 5.25. The minimum atomic E-state index is -0.350. The van der Waals surface area contributed by atoms with Crippen molar-refractivity contribution < 1.29 is 9.59 Å². The maximum absolute atomic E-state index is 11.8. The molecule has 2 rings (SSSR count). The summed E-state index contributed by atoms with van der Waals surface area (Å²) in [6.45, 7) is 2.38. The summed E-state index contributed by atoms with van der Waals surface area (Å²) in [6, 6.07) is 0.249. The Morgan fingerprint density at radius 1 is 1.44 bits per heavy atom. The normalized spacial score (nSPS) is 31.5. The Balaban J connectivity index is 1.98. The molecule has 16 heavy (non-hydrogen) atoms. The SMILES string of the molecule is NC(=O)C1CC(=O)N(C2CCCCNC2)C1. The first-order valence-electron chi connectivity index (χ1n) is 5.98. The van der Waals surface area contributed by atoms with Crippen LogP contribution in [-0.2, 0) is 9.59 Å². The zero-order chi connectivity index (χ0) is 11.5. The number of nitrogens with one attached hydrogen (secondary N) is 1. The molecule has 90 valence electrons. The third-order valence-electron chi connectivity index (χ3n) is 3.52. The number of amides is 2. The Bertz CT molecular complexity index is 285. The summed E-state index contributed by atoms with van der Waals surface area (Å²) >= 11 is 0. The van der Waals surface area contributed by atoms with Gasteiger partial charge < -0.3 is 16.0 Å². The Kier molecular flexibility index (Phi) is 3.43. The van der Waals surface area contributed by atoms with E-state index in [1.54, 1.807) is 0 Å². The van der Waals surface area contributed by atoms with Crippen LogP contribution in [0.3, 0.4) is 0 Å². The van der Waals surface area contributed by atoms with Crippen molar-refractivity contribution in [1.82, 2.24) is 10.2 Å². The van der Waals surface area contributed by atoms with Crippen molar-refractivity contribution >= 4 is 11.8 Å². The molecular formula is C11H19N3O2. The average molecular weight is 225 g/mol. The number of primary amides is 1. The highest BCUT2D eigenvalue weighted by atomic mass is 16.2. The third-order valence-corrected chi connectivity index (χ3v) is 3.52. The lowest BCUT2D eigenvalue weighted by molar-refractivity contribution is -0.130. The van der Waals surface area contributed by atoms with Crippen LogP contribution >= 0.6 is 0 Å². The largest absolute Gasteiger partial charge is 0.369 e. The molecule has 2 atom stereocenters. The number of likely N-dealkylation sites (tertiary alicyclic amines) is 1. The van der Waals surface area contributed by atoms with Crippen molar-refractivity contribution in [3.05, 3.63) is 0 Å². The maximum Gasteiger partial charge on any atom is 0.223 e. The number of nitrogens with zero attached hydrogens (tertiary/aromatic N) is 1. The van der Waals surface area contributed by atoms with Crippen molar-refractivity contribution in [2.75, 3.05) is 19.6 Å². The summed E-state index contributed by atoms with van der Waals surface area (Å²) < 4.78 is 0. The summed E-state index contributed by atoms with van der Waals surface area (Å²) in [6.07, 6.45) is 3.64. The number of hydrogen-bond donors (Lipinski definition) is 2. The first kappa shape index (κ1) is 11.4. The molecule has 5 heteroatoms. The molecule has 2 fully saturated rings. The van der Waals surface area contributed by atoms with E-state index in [2.05, 4.69) is 5.32 Å². The molecule has 2 heterocycles. The van der Waals surface area contributed by atoms with Crippen molar-refractivity contribution in [1.29, 1.82) is 0 Å².